The fourth-order valence-electron chi connectivity index (χ4n) is 2.64. The first-order valence-corrected chi connectivity index (χ1v) is 5.82. The molecule has 0 amide bonds. The monoisotopic (exact) mass is 220 g/mol. The highest BCUT2D eigenvalue weighted by Gasteiger charge is 2.33. The number of aryl methyl sites for hydroxylation is 1. The Morgan fingerprint density at radius 2 is 2.31 bits per heavy atom. The molecule has 0 spiro atoms. The lowest BCUT2D eigenvalue weighted by Crippen LogP contribution is -2.48. The molecule has 3 heteroatoms. The van der Waals surface area contributed by atoms with Gasteiger partial charge in [-0.05, 0) is 49.6 Å². The SMILES string of the molecule is CNC1(CN)CCCc2ccc(OC)cc21. The van der Waals surface area contributed by atoms with Gasteiger partial charge in [-0.2, -0.15) is 0 Å². The Bertz CT molecular complexity index is 372. The Morgan fingerprint density at radius 3 is 2.94 bits per heavy atom. The summed E-state index contributed by atoms with van der Waals surface area (Å²) < 4.78 is 5.29. The van der Waals surface area contributed by atoms with Crippen LogP contribution in [0.5, 0.6) is 5.75 Å². The molecule has 0 heterocycles. The van der Waals surface area contributed by atoms with Crippen LogP contribution in [0.2, 0.25) is 0 Å². The normalized spacial score (nSPS) is 23.9. The zero-order valence-electron chi connectivity index (χ0n) is 10.0. The molecular weight excluding hydrogens is 200 g/mol. The van der Waals surface area contributed by atoms with Crippen molar-refractivity contribution >= 4 is 0 Å². The first-order chi connectivity index (χ1) is 7.75. The summed E-state index contributed by atoms with van der Waals surface area (Å²) >= 11 is 0. The number of fused-ring (bicyclic) bond motifs is 1. The van der Waals surface area contributed by atoms with E-state index >= 15 is 0 Å². The van der Waals surface area contributed by atoms with Gasteiger partial charge in [-0.25, -0.2) is 0 Å². The minimum Gasteiger partial charge on any atom is -0.497 e. The standard InChI is InChI=1S/C13H20N2O/c1-15-13(9-14)7-3-4-10-5-6-11(16-2)8-12(10)13/h5-6,8,15H,3-4,7,9,14H2,1-2H3. The fourth-order valence-corrected chi connectivity index (χ4v) is 2.64. The first kappa shape index (κ1) is 11.4. The molecular formula is C13H20N2O. The predicted octanol–water partition coefficient (Wildman–Crippen LogP) is 1.40. The second kappa shape index (κ2) is 4.44. The van der Waals surface area contributed by atoms with Crippen molar-refractivity contribution in [1.82, 2.24) is 5.32 Å². The molecule has 88 valence electrons. The van der Waals surface area contributed by atoms with Crippen LogP contribution in [-0.2, 0) is 12.0 Å². The van der Waals surface area contributed by atoms with Crippen LogP contribution in [0.4, 0.5) is 0 Å². The van der Waals surface area contributed by atoms with Crippen LogP contribution in [0.25, 0.3) is 0 Å². The van der Waals surface area contributed by atoms with Crippen LogP contribution in [-0.4, -0.2) is 20.7 Å². The van der Waals surface area contributed by atoms with E-state index in [0.29, 0.717) is 6.54 Å². The minimum absolute atomic E-state index is 0.0673. The second-order valence-electron chi connectivity index (χ2n) is 4.41. The van der Waals surface area contributed by atoms with E-state index < -0.39 is 0 Å². The fraction of sp³-hybridized carbons (Fsp3) is 0.538. The predicted molar refractivity (Wildman–Crippen MR) is 65.7 cm³/mol. The maximum atomic E-state index is 5.95. The third kappa shape index (κ3) is 1.70. The van der Waals surface area contributed by atoms with Crippen molar-refractivity contribution in [3.05, 3.63) is 29.3 Å². The molecule has 1 atom stereocenters. The highest BCUT2D eigenvalue weighted by molar-refractivity contribution is 5.42. The average Bonchev–Trinajstić information content (AvgIpc) is 2.37. The number of hydrogen-bond donors (Lipinski definition) is 2. The summed E-state index contributed by atoms with van der Waals surface area (Å²) in [5, 5.41) is 3.39. The summed E-state index contributed by atoms with van der Waals surface area (Å²) in [6, 6.07) is 6.31. The molecule has 2 rings (SSSR count). The van der Waals surface area contributed by atoms with Crippen molar-refractivity contribution in [3.8, 4) is 5.75 Å². The number of nitrogens with two attached hydrogens (primary N) is 1. The van der Waals surface area contributed by atoms with Crippen molar-refractivity contribution in [2.75, 3.05) is 20.7 Å². The largest absolute Gasteiger partial charge is 0.497 e. The van der Waals surface area contributed by atoms with Crippen molar-refractivity contribution in [2.24, 2.45) is 5.73 Å². The first-order valence-electron chi connectivity index (χ1n) is 5.82. The summed E-state index contributed by atoms with van der Waals surface area (Å²) in [5.41, 5.74) is 8.59. The van der Waals surface area contributed by atoms with Gasteiger partial charge in [-0.15, -0.1) is 0 Å². The van der Waals surface area contributed by atoms with E-state index in [1.165, 1.54) is 17.5 Å². The topological polar surface area (TPSA) is 47.3 Å². The van der Waals surface area contributed by atoms with Gasteiger partial charge in [0.25, 0.3) is 0 Å². The Kier molecular flexibility index (Phi) is 3.17. The molecule has 1 aliphatic carbocycles. The Hall–Kier alpha value is -1.06. The molecule has 0 aliphatic heterocycles. The van der Waals surface area contributed by atoms with E-state index in [1.54, 1.807) is 7.11 Å². The van der Waals surface area contributed by atoms with Crippen LogP contribution in [0.15, 0.2) is 18.2 Å². The van der Waals surface area contributed by atoms with Gasteiger partial charge in [-0.1, -0.05) is 6.07 Å². The van der Waals surface area contributed by atoms with Gasteiger partial charge >= 0.3 is 0 Å². The highest BCUT2D eigenvalue weighted by Crippen LogP contribution is 2.36. The van der Waals surface area contributed by atoms with Gasteiger partial charge in [0, 0.05) is 6.54 Å². The molecule has 0 saturated carbocycles. The van der Waals surface area contributed by atoms with E-state index in [4.69, 9.17) is 10.5 Å². The number of methoxy groups -OCH3 is 1. The Balaban J connectivity index is 2.50. The van der Waals surface area contributed by atoms with E-state index in [9.17, 15) is 0 Å². The summed E-state index contributed by atoms with van der Waals surface area (Å²) in [7, 11) is 3.69. The summed E-state index contributed by atoms with van der Waals surface area (Å²) in [5.74, 6) is 0.911. The number of likely N-dealkylation sites (N-methyl/N-ethyl adjacent to an activating group) is 1. The summed E-state index contributed by atoms with van der Waals surface area (Å²) in [6.07, 6.45) is 3.43. The van der Waals surface area contributed by atoms with Crippen molar-refractivity contribution in [3.63, 3.8) is 0 Å². The molecule has 0 radical (unpaired) electrons. The highest BCUT2D eigenvalue weighted by atomic mass is 16.5. The molecule has 0 aromatic heterocycles. The Labute approximate surface area is 97.0 Å². The van der Waals surface area contributed by atoms with Crippen LogP contribution in [0, 0.1) is 0 Å². The minimum atomic E-state index is -0.0673. The lowest BCUT2D eigenvalue weighted by Gasteiger charge is -2.38. The molecule has 1 aromatic rings. The second-order valence-corrected chi connectivity index (χ2v) is 4.41. The lowest BCUT2D eigenvalue weighted by atomic mass is 9.76. The molecule has 3 N–H and O–H groups in total. The van der Waals surface area contributed by atoms with Crippen molar-refractivity contribution in [2.45, 2.75) is 24.8 Å². The van der Waals surface area contributed by atoms with Gasteiger partial charge in [0.2, 0.25) is 0 Å². The van der Waals surface area contributed by atoms with Gasteiger partial charge in [0.1, 0.15) is 5.75 Å². The van der Waals surface area contributed by atoms with Crippen LogP contribution >= 0.6 is 0 Å². The number of hydrogen-bond acceptors (Lipinski definition) is 3. The van der Waals surface area contributed by atoms with E-state index in [1.807, 2.05) is 13.1 Å². The third-order valence-electron chi connectivity index (χ3n) is 3.71. The molecule has 1 unspecified atom stereocenters. The van der Waals surface area contributed by atoms with E-state index in [2.05, 4.69) is 17.4 Å². The van der Waals surface area contributed by atoms with Gasteiger partial charge in [-0.3, -0.25) is 0 Å². The van der Waals surface area contributed by atoms with Gasteiger partial charge in [0.05, 0.1) is 12.6 Å². The van der Waals surface area contributed by atoms with Gasteiger partial charge < -0.3 is 15.8 Å². The molecule has 0 fully saturated rings. The molecule has 0 saturated heterocycles. The summed E-state index contributed by atoms with van der Waals surface area (Å²) in [4.78, 5) is 0. The molecule has 3 nitrogen and oxygen atoms in total. The molecule has 16 heavy (non-hydrogen) atoms. The van der Waals surface area contributed by atoms with E-state index in [-0.39, 0.29) is 5.54 Å². The number of rotatable bonds is 3. The number of benzene rings is 1. The van der Waals surface area contributed by atoms with Crippen molar-refractivity contribution < 1.29 is 4.74 Å². The summed E-state index contributed by atoms with van der Waals surface area (Å²) in [6.45, 7) is 0.629. The molecule has 0 bridgehead atoms. The number of ether oxygens (including phenoxy) is 1. The maximum absolute atomic E-state index is 5.95. The lowest BCUT2D eigenvalue weighted by molar-refractivity contribution is 0.313. The van der Waals surface area contributed by atoms with Crippen LogP contribution < -0.4 is 15.8 Å². The average molecular weight is 220 g/mol. The maximum Gasteiger partial charge on any atom is 0.119 e. The zero-order chi connectivity index (χ0) is 11.6. The van der Waals surface area contributed by atoms with Gasteiger partial charge in [0.15, 0.2) is 0 Å². The van der Waals surface area contributed by atoms with Crippen molar-refractivity contribution in [1.29, 1.82) is 0 Å². The van der Waals surface area contributed by atoms with Crippen LogP contribution in [0.1, 0.15) is 24.0 Å². The Morgan fingerprint density at radius 1 is 1.50 bits per heavy atom. The third-order valence-corrected chi connectivity index (χ3v) is 3.71. The molecule has 1 aromatic carbocycles. The zero-order valence-corrected chi connectivity index (χ0v) is 10.0. The van der Waals surface area contributed by atoms with Crippen LogP contribution in [0.3, 0.4) is 0 Å². The smallest absolute Gasteiger partial charge is 0.119 e. The quantitative estimate of drug-likeness (QED) is 0.809. The van der Waals surface area contributed by atoms with E-state index in [0.717, 1.165) is 18.6 Å². The molecule has 1 aliphatic rings. The number of nitrogens with one attached hydrogen (secondary N) is 1.